The van der Waals surface area contributed by atoms with Crippen molar-refractivity contribution < 1.29 is 14.0 Å². The first-order valence-electron chi connectivity index (χ1n) is 4.41. The molecule has 1 aliphatic heterocycles. The lowest BCUT2D eigenvalue weighted by Crippen LogP contribution is -2.21. The van der Waals surface area contributed by atoms with Crippen LogP contribution < -0.4 is 5.32 Å². The molecule has 0 aliphatic carbocycles. The van der Waals surface area contributed by atoms with Crippen LogP contribution in [0.15, 0.2) is 24.3 Å². The largest absolute Gasteiger partial charge is 0.289 e. The Kier molecular flexibility index (Phi) is 2.11. The third-order valence-electron chi connectivity index (χ3n) is 2.24. The number of carbonyl (C=O) groups excluding carboxylic acids is 2. The number of carbonyl (C=O) groups is 2. The summed E-state index contributed by atoms with van der Waals surface area (Å²) in [5.41, 5.74) is 1.50. The molecule has 1 N–H and O–H groups in total. The summed E-state index contributed by atoms with van der Waals surface area (Å²) in [7, 11) is 0. The quantitative estimate of drug-likeness (QED) is 0.699. The number of nitrogens with one attached hydrogen (secondary N) is 1. The molecule has 3 nitrogen and oxygen atoms in total. The van der Waals surface area contributed by atoms with Crippen molar-refractivity contribution in [2.75, 3.05) is 0 Å². The van der Waals surface area contributed by atoms with Gasteiger partial charge in [-0.15, -0.1) is 0 Å². The van der Waals surface area contributed by atoms with E-state index in [1.165, 1.54) is 24.3 Å². The molecule has 0 aromatic heterocycles. The molecule has 2 rings (SSSR count). The van der Waals surface area contributed by atoms with Crippen LogP contribution in [0, 0.1) is 12.7 Å². The van der Waals surface area contributed by atoms with Gasteiger partial charge in [-0.25, -0.2) is 4.39 Å². The van der Waals surface area contributed by atoms with Crippen molar-refractivity contribution in [3.8, 4) is 0 Å². The molecule has 0 radical (unpaired) electrons. The summed E-state index contributed by atoms with van der Waals surface area (Å²) < 4.78 is 12.8. The van der Waals surface area contributed by atoms with Crippen LogP contribution in [0.1, 0.15) is 11.1 Å². The lowest BCUT2D eigenvalue weighted by atomic mass is 10.0. The number of amides is 2. The third-order valence-corrected chi connectivity index (χ3v) is 2.24. The molecule has 2 amide bonds. The van der Waals surface area contributed by atoms with E-state index in [1.807, 2.05) is 0 Å². The average Bonchev–Trinajstić information content (AvgIpc) is 2.45. The van der Waals surface area contributed by atoms with Gasteiger partial charge in [0.25, 0.3) is 11.8 Å². The normalized spacial score (nSPS) is 15.2. The standard InChI is InChI=1S/C11H8FNO2/c1-6-4-7(12)2-3-8(6)9-5-10(14)13-11(9)15/h2-5H,1H3,(H,13,14,15). The van der Waals surface area contributed by atoms with Gasteiger partial charge in [0, 0.05) is 6.08 Å². The molecule has 76 valence electrons. The maximum Gasteiger partial charge on any atom is 0.258 e. The molecule has 0 saturated carbocycles. The molecule has 0 bridgehead atoms. The Hall–Kier alpha value is -1.97. The van der Waals surface area contributed by atoms with Crippen molar-refractivity contribution in [2.24, 2.45) is 0 Å². The zero-order valence-corrected chi connectivity index (χ0v) is 8.00. The highest BCUT2D eigenvalue weighted by Crippen LogP contribution is 2.22. The Morgan fingerprint density at radius 3 is 2.53 bits per heavy atom. The van der Waals surface area contributed by atoms with Crippen molar-refractivity contribution in [1.29, 1.82) is 0 Å². The number of aryl methyl sites for hydroxylation is 1. The van der Waals surface area contributed by atoms with Gasteiger partial charge in [-0.1, -0.05) is 6.07 Å². The number of benzene rings is 1. The number of halogens is 1. The Balaban J connectivity index is 2.51. The van der Waals surface area contributed by atoms with Crippen LogP contribution in [-0.4, -0.2) is 11.8 Å². The van der Waals surface area contributed by atoms with Crippen LogP contribution in [0.25, 0.3) is 5.57 Å². The summed E-state index contributed by atoms with van der Waals surface area (Å²) >= 11 is 0. The van der Waals surface area contributed by atoms with E-state index < -0.39 is 11.8 Å². The fourth-order valence-corrected chi connectivity index (χ4v) is 1.54. The molecule has 1 aromatic carbocycles. The molecular weight excluding hydrogens is 197 g/mol. The number of rotatable bonds is 1. The van der Waals surface area contributed by atoms with Gasteiger partial charge in [0.15, 0.2) is 0 Å². The molecule has 1 heterocycles. The van der Waals surface area contributed by atoms with E-state index >= 15 is 0 Å². The first-order chi connectivity index (χ1) is 7.08. The second-order valence-electron chi connectivity index (χ2n) is 3.34. The average molecular weight is 205 g/mol. The lowest BCUT2D eigenvalue weighted by Gasteiger charge is -2.04. The second-order valence-corrected chi connectivity index (χ2v) is 3.34. The smallest absolute Gasteiger partial charge is 0.258 e. The van der Waals surface area contributed by atoms with E-state index in [9.17, 15) is 14.0 Å². The Bertz CT molecular complexity index is 491. The fourth-order valence-electron chi connectivity index (χ4n) is 1.54. The van der Waals surface area contributed by atoms with Crippen LogP contribution in [0.3, 0.4) is 0 Å². The maximum atomic E-state index is 12.8. The van der Waals surface area contributed by atoms with Gasteiger partial charge >= 0.3 is 0 Å². The van der Waals surface area contributed by atoms with E-state index in [0.717, 1.165) is 0 Å². The summed E-state index contributed by atoms with van der Waals surface area (Å²) in [4.78, 5) is 22.3. The SMILES string of the molecule is Cc1cc(F)ccc1C1=CC(=O)NC1=O. The summed E-state index contributed by atoms with van der Waals surface area (Å²) in [6.07, 6.45) is 1.22. The van der Waals surface area contributed by atoms with E-state index in [2.05, 4.69) is 5.32 Å². The van der Waals surface area contributed by atoms with Crippen LogP contribution in [0.5, 0.6) is 0 Å². The van der Waals surface area contributed by atoms with E-state index in [0.29, 0.717) is 11.1 Å². The fraction of sp³-hybridized carbons (Fsp3) is 0.0909. The molecule has 0 spiro atoms. The predicted octanol–water partition coefficient (Wildman–Crippen LogP) is 1.17. The van der Waals surface area contributed by atoms with Gasteiger partial charge < -0.3 is 0 Å². The van der Waals surface area contributed by atoms with Gasteiger partial charge in [0.05, 0.1) is 5.57 Å². The highest BCUT2D eigenvalue weighted by atomic mass is 19.1. The predicted molar refractivity (Wildman–Crippen MR) is 52.3 cm³/mol. The maximum absolute atomic E-state index is 12.8. The van der Waals surface area contributed by atoms with E-state index in [4.69, 9.17) is 0 Å². The van der Waals surface area contributed by atoms with Crippen molar-refractivity contribution in [1.82, 2.24) is 5.32 Å². The third kappa shape index (κ3) is 1.66. The van der Waals surface area contributed by atoms with Gasteiger partial charge in [0.2, 0.25) is 0 Å². The lowest BCUT2D eigenvalue weighted by molar-refractivity contribution is -0.123. The summed E-state index contributed by atoms with van der Waals surface area (Å²) in [6, 6.07) is 4.08. The van der Waals surface area contributed by atoms with Gasteiger partial charge in [-0.05, 0) is 30.2 Å². The number of hydrogen-bond donors (Lipinski definition) is 1. The molecule has 0 saturated heterocycles. The minimum atomic E-state index is -0.435. The van der Waals surface area contributed by atoms with Crippen molar-refractivity contribution in [3.63, 3.8) is 0 Å². The highest BCUT2D eigenvalue weighted by molar-refractivity contribution is 6.33. The van der Waals surface area contributed by atoms with Crippen molar-refractivity contribution in [3.05, 3.63) is 41.2 Å². The zero-order valence-electron chi connectivity index (χ0n) is 8.00. The number of hydrogen-bond acceptors (Lipinski definition) is 2. The molecule has 0 atom stereocenters. The first-order valence-corrected chi connectivity index (χ1v) is 4.41. The van der Waals surface area contributed by atoms with E-state index in [-0.39, 0.29) is 11.4 Å². The van der Waals surface area contributed by atoms with Gasteiger partial charge in [-0.3, -0.25) is 14.9 Å². The van der Waals surface area contributed by atoms with E-state index in [1.54, 1.807) is 6.92 Å². The Morgan fingerprint density at radius 1 is 1.27 bits per heavy atom. The zero-order chi connectivity index (χ0) is 11.0. The summed E-state index contributed by atoms with van der Waals surface area (Å²) in [6.45, 7) is 1.69. The summed E-state index contributed by atoms with van der Waals surface area (Å²) in [5.74, 6) is -1.23. The molecule has 0 fully saturated rings. The summed E-state index contributed by atoms with van der Waals surface area (Å²) in [5, 5.41) is 2.14. The topological polar surface area (TPSA) is 46.2 Å². The first kappa shape index (κ1) is 9.58. The molecule has 1 aromatic rings. The Morgan fingerprint density at radius 2 is 2.00 bits per heavy atom. The Labute approximate surface area is 85.6 Å². The van der Waals surface area contributed by atoms with Crippen LogP contribution in [0.4, 0.5) is 4.39 Å². The minimum Gasteiger partial charge on any atom is -0.289 e. The van der Waals surface area contributed by atoms with Gasteiger partial charge in [-0.2, -0.15) is 0 Å². The number of imide groups is 1. The monoisotopic (exact) mass is 205 g/mol. The molecular formula is C11H8FNO2. The minimum absolute atomic E-state index is 0.289. The molecule has 0 unspecified atom stereocenters. The molecule has 4 heteroatoms. The van der Waals surface area contributed by atoms with Crippen LogP contribution in [-0.2, 0) is 9.59 Å². The van der Waals surface area contributed by atoms with Gasteiger partial charge in [0.1, 0.15) is 5.82 Å². The second kappa shape index (κ2) is 3.31. The van der Waals surface area contributed by atoms with Crippen LogP contribution in [0.2, 0.25) is 0 Å². The van der Waals surface area contributed by atoms with Crippen LogP contribution >= 0.6 is 0 Å². The van der Waals surface area contributed by atoms with Crippen molar-refractivity contribution >= 4 is 17.4 Å². The molecule has 15 heavy (non-hydrogen) atoms. The highest BCUT2D eigenvalue weighted by Gasteiger charge is 2.23. The molecule has 1 aliphatic rings. The van der Waals surface area contributed by atoms with Crippen molar-refractivity contribution in [2.45, 2.75) is 6.92 Å².